The lowest BCUT2D eigenvalue weighted by atomic mass is 9.87. The van der Waals surface area contributed by atoms with Gasteiger partial charge in [-0.25, -0.2) is 0 Å². The smallest absolute Gasteiger partial charge is 0.195 e. The second-order valence-corrected chi connectivity index (χ2v) is 9.09. The Hall–Kier alpha value is -3.63. The highest BCUT2D eigenvalue weighted by Crippen LogP contribution is 2.39. The van der Waals surface area contributed by atoms with E-state index in [1.54, 1.807) is 21.5 Å². The zero-order chi connectivity index (χ0) is 22.6. The van der Waals surface area contributed by atoms with Crippen LogP contribution in [0.2, 0.25) is 0 Å². The first-order valence-electron chi connectivity index (χ1n) is 10.1. The highest BCUT2D eigenvalue weighted by Gasteiger charge is 2.68. The molecule has 0 amide bonds. The monoisotopic (exact) mass is 440 g/mol. The van der Waals surface area contributed by atoms with Crippen molar-refractivity contribution < 1.29 is 22.3 Å². The van der Waals surface area contributed by atoms with E-state index >= 15 is 0 Å². The van der Waals surface area contributed by atoms with Gasteiger partial charge < -0.3 is 0 Å². The van der Waals surface area contributed by atoms with Gasteiger partial charge in [-0.3, -0.25) is 0 Å². The number of alkyl halides is 3. The summed E-state index contributed by atoms with van der Waals surface area (Å²) < 4.78 is 47.3. The summed E-state index contributed by atoms with van der Waals surface area (Å²) in [6.45, 7) is 8.19. The van der Waals surface area contributed by atoms with Gasteiger partial charge in [0.05, 0.1) is 5.69 Å². The molecule has 4 aromatic rings. The van der Waals surface area contributed by atoms with Gasteiger partial charge in [0, 0.05) is 18.2 Å². The molecule has 8 nitrogen and oxygen atoms in total. The van der Waals surface area contributed by atoms with Gasteiger partial charge in [-0.15, -0.1) is 23.6 Å². The molecule has 0 radical (unpaired) electrons. The standard InChI is InChI=1S/C21H19F3N8/c1-12-10-15-14-11-13(19(2,3)4)6-9-29(14)21(31(15)27-12)30-8-5-7-25-16(30)17-26-18(20(22,23)24)28-32(17)21/h5-11H,1-4H3/q+2. The summed E-state index contributed by atoms with van der Waals surface area (Å²) in [4.78, 5) is 8.16. The fraction of sp³-hybridized carbons (Fsp3) is 0.333. The highest BCUT2D eigenvalue weighted by atomic mass is 19.4. The van der Waals surface area contributed by atoms with Crippen LogP contribution in [-0.4, -0.2) is 29.5 Å². The maximum absolute atomic E-state index is 13.6. The molecule has 0 bridgehead atoms. The molecule has 2 aliphatic heterocycles. The van der Waals surface area contributed by atoms with Crippen LogP contribution >= 0.6 is 0 Å². The van der Waals surface area contributed by atoms with Crippen molar-refractivity contribution in [3.8, 4) is 23.0 Å². The largest absolute Gasteiger partial charge is 0.527 e. The summed E-state index contributed by atoms with van der Waals surface area (Å²) in [5.74, 6) is -2.30. The maximum Gasteiger partial charge on any atom is 0.527 e. The van der Waals surface area contributed by atoms with Crippen LogP contribution in [0, 0.1) is 6.92 Å². The fourth-order valence-corrected chi connectivity index (χ4v) is 4.51. The average molecular weight is 440 g/mol. The third-order valence-electron chi connectivity index (χ3n) is 5.94. The molecule has 6 rings (SSSR count). The molecule has 6 heterocycles. The lowest BCUT2D eigenvalue weighted by Gasteiger charge is -2.20. The molecule has 4 aromatic heterocycles. The van der Waals surface area contributed by atoms with E-state index in [4.69, 9.17) is 0 Å². The summed E-state index contributed by atoms with van der Waals surface area (Å²) in [5.41, 5.74) is 3.30. The van der Waals surface area contributed by atoms with Crippen LogP contribution in [0.5, 0.6) is 0 Å². The minimum atomic E-state index is -4.69. The van der Waals surface area contributed by atoms with Gasteiger partial charge >= 0.3 is 17.9 Å². The van der Waals surface area contributed by atoms with Crippen molar-refractivity contribution in [3.05, 3.63) is 59.9 Å². The van der Waals surface area contributed by atoms with Gasteiger partial charge in [-0.05, 0) is 29.0 Å². The first kappa shape index (κ1) is 19.1. The molecule has 2 aliphatic rings. The number of hydrogen-bond donors (Lipinski definition) is 0. The Kier molecular flexibility index (Phi) is 3.33. The van der Waals surface area contributed by atoms with Gasteiger partial charge in [0.1, 0.15) is 18.1 Å². The summed E-state index contributed by atoms with van der Waals surface area (Å²) in [6.07, 6.45) is 0.457. The predicted molar refractivity (Wildman–Crippen MR) is 104 cm³/mol. The Morgan fingerprint density at radius 2 is 1.78 bits per heavy atom. The number of rotatable bonds is 0. The number of hydrogen-bond acceptors (Lipinski definition) is 4. The minimum Gasteiger partial charge on any atom is -0.195 e. The van der Waals surface area contributed by atoms with E-state index in [0.717, 1.165) is 22.6 Å². The third-order valence-corrected chi connectivity index (χ3v) is 5.94. The van der Waals surface area contributed by atoms with Crippen LogP contribution in [-0.2, 0) is 17.5 Å². The van der Waals surface area contributed by atoms with Crippen molar-refractivity contribution >= 4 is 0 Å². The van der Waals surface area contributed by atoms with Crippen LogP contribution in [0.1, 0.15) is 37.9 Å². The van der Waals surface area contributed by atoms with Gasteiger partial charge in [-0.1, -0.05) is 20.8 Å². The molecule has 1 spiro atoms. The van der Waals surface area contributed by atoms with E-state index < -0.39 is 17.9 Å². The van der Waals surface area contributed by atoms with Gasteiger partial charge in [0.25, 0.3) is 11.6 Å². The Balaban J connectivity index is 1.76. The molecule has 11 heteroatoms. The minimum absolute atomic E-state index is 0.0253. The van der Waals surface area contributed by atoms with E-state index in [2.05, 4.69) is 47.0 Å². The van der Waals surface area contributed by atoms with Crippen LogP contribution < -0.4 is 9.13 Å². The molecule has 0 N–H and O–H groups in total. The molecule has 1 atom stereocenters. The van der Waals surface area contributed by atoms with E-state index in [-0.39, 0.29) is 17.1 Å². The molecule has 0 aliphatic carbocycles. The summed E-state index contributed by atoms with van der Waals surface area (Å²) in [5, 5.41) is 8.61. The maximum atomic E-state index is 13.6. The Morgan fingerprint density at radius 3 is 2.50 bits per heavy atom. The van der Waals surface area contributed by atoms with Crippen molar-refractivity contribution in [2.45, 2.75) is 45.2 Å². The zero-order valence-corrected chi connectivity index (χ0v) is 17.8. The van der Waals surface area contributed by atoms with Gasteiger partial charge in [0.2, 0.25) is 5.69 Å². The Bertz CT molecular complexity index is 1430. The van der Waals surface area contributed by atoms with Gasteiger partial charge in [0.15, 0.2) is 6.20 Å². The van der Waals surface area contributed by atoms with Crippen LogP contribution in [0.4, 0.5) is 13.2 Å². The molecule has 0 fully saturated rings. The number of fused-ring (bicyclic) bond motifs is 10. The van der Waals surface area contributed by atoms with E-state index in [0.29, 0.717) is 0 Å². The Labute approximate surface area is 180 Å². The first-order chi connectivity index (χ1) is 15.0. The lowest BCUT2D eigenvalue weighted by molar-refractivity contribution is -0.991. The number of nitrogens with zero attached hydrogens (tertiary/aromatic N) is 8. The number of aromatic nitrogens is 8. The fourth-order valence-electron chi connectivity index (χ4n) is 4.51. The molecular formula is C21H19F3N8+2. The zero-order valence-electron chi connectivity index (χ0n) is 17.8. The quantitative estimate of drug-likeness (QED) is 0.340. The second kappa shape index (κ2) is 5.59. The van der Waals surface area contributed by atoms with Crippen LogP contribution in [0.15, 0.2) is 42.9 Å². The predicted octanol–water partition coefficient (Wildman–Crippen LogP) is 2.24. The highest BCUT2D eigenvalue weighted by molar-refractivity contribution is 5.56. The second-order valence-electron chi connectivity index (χ2n) is 9.09. The number of pyridine rings is 1. The number of aryl methyl sites for hydroxylation is 1. The first-order valence-corrected chi connectivity index (χ1v) is 10.1. The van der Waals surface area contributed by atoms with E-state index in [1.807, 2.05) is 29.8 Å². The topological polar surface area (TPSA) is 69.2 Å². The number of halogens is 3. The summed E-state index contributed by atoms with van der Waals surface area (Å²) in [7, 11) is 0. The molecule has 0 saturated carbocycles. The SMILES string of the molecule is Cc1cc2n(n1)C1(n3nc(C(F)(F)F)nc3-c3nccc[n+]31)[n+]1ccc(C(C)(C)C)cc1-2. The molecule has 32 heavy (non-hydrogen) atoms. The van der Waals surface area contributed by atoms with Crippen molar-refractivity contribution in [2.75, 3.05) is 0 Å². The molecule has 0 saturated heterocycles. The van der Waals surface area contributed by atoms with Gasteiger partial charge in [-0.2, -0.15) is 23.3 Å². The molecule has 1 unspecified atom stereocenters. The summed E-state index contributed by atoms with van der Waals surface area (Å²) in [6, 6.07) is 7.67. The average Bonchev–Trinajstić information content (AvgIpc) is 3.42. The third kappa shape index (κ3) is 2.17. The van der Waals surface area contributed by atoms with Crippen LogP contribution in [0.25, 0.3) is 23.0 Å². The lowest BCUT2D eigenvalue weighted by Crippen LogP contribution is -2.77. The molecule has 162 valence electrons. The van der Waals surface area contributed by atoms with Crippen molar-refractivity contribution in [1.29, 1.82) is 0 Å². The van der Waals surface area contributed by atoms with Crippen molar-refractivity contribution in [1.82, 2.24) is 29.5 Å². The summed E-state index contributed by atoms with van der Waals surface area (Å²) >= 11 is 0. The molecule has 0 aromatic carbocycles. The van der Waals surface area contributed by atoms with Crippen molar-refractivity contribution in [2.24, 2.45) is 0 Å². The molecular weight excluding hydrogens is 421 g/mol. The normalized spacial score (nSPS) is 18.6. The van der Waals surface area contributed by atoms with E-state index in [9.17, 15) is 13.2 Å². The van der Waals surface area contributed by atoms with Crippen molar-refractivity contribution in [3.63, 3.8) is 0 Å². The van der Waals surface area contributed by atoms with Crippen LogP contribution in [0.3, 0.4) is 0 Å². The van der Waals surface area contributed by atoms with E-state index in [1.165, 1.54) is 10.9 Å². The Morgan fingerprint density at radius 1 is 1.00 bits per heavy atom.